The number of hydrogen-bond acceptors (Lipinski definition) is 3. The van der Waals surface area contributed by atoms with Gasteiger partial charge < -0.3 is 10.2 Å². The molecule has 19 heavy (non-hydrogen) atoms. The van der Waals surface area contributed by atoms with Crippen LogP contribution in [-0.2, 0) is 11.0 Å². The number of carbonyl (C=O) groups excluding carboxylic acids is 1. The van der Waals surface area contributed by atoms with Gasteiger partial charge >= 0.3 is 6.18 Å². The van der Waals surface area contributed by atoms with Crippen LogP contribution in [0.5, 0.6) is 0 Å². The normalized spacial score (nSPS) is 12.9. The van der Waals surface area contributed by atoms with E-state index in [9.17, 15) is 18.0 Å². The highest BCUT2D eigenvalue weighted by atomic mass is 19.4. The zero-order valence-electron chi connectivity index (χ0n) is 11.0. The van der Waals surface area contributed by atoms with Crippen LogP contribution in [0.15, 0.2) is 18.2 Å². The Bertz CT molecular complexity index is 448. The Morgan fingerprint density at radius 2 is 2.11 bits per heavy atom. The van der Waals surface area contributed by atoms with Crippen molar-refractivity contribution < 1.29 is 18.0 Å². The van der Waals surface area contributed by atoms with Gasteiger partial charge in [-0.15, -0.1) is 0 Å². The van der Waals surface area contributed by atoms with Crippen molar-refractivity contribution in [2.75, 3.05) is 18.9 Å². The van der Waals surface area contributed by atoms with E-state index in [-0.39, 0.29) is 11.7 Å². The van der Waals surface area contributed by atoms with Crippen LogP contribution in [0.4, 0.5) is 19.0 Å². The molecule has 0 saturated heterocycles. The van der Waals surface area contributed by atoms with Gasteiger partial charge in [0.2, 0.25) is 5.91 Å². The van der Waals surface area contributed by atoms with Gasteiger partial charge in [-0.2, -0.15) is 13.2 Å². The minimum absolute atomic E-state index is 0.0279. The van der Waals surface area contributed by atoms with Crippen molar-refractivity contribution in [3.05, 3.63) is 23.9 Å². The molecule has 1 N–H and O–H groups in total. The van der Waals surface area contributed by atoms with E-state index in [1.807, 2.05) is 6.92 Å². The standard InChI is InChI=1S/C12H16F3N3O/c1-4-18(3)11(19)8(2)16-10-7-5-6-9(17-10)12(13,14)15/h5-8H,4H2,1-3H3,(H,16,17). The fraction of sp³-hybridized carbons (Fsp3) is 0.500. The highest BCUT2D eigenvalue weighted by Gasteiger charge is 2.32. The van der Waals surface area contributed by atoms with Crippen LogP contribution < -0.4 is 5.32 Å². The maximum atomic E-state index is 12.5. The monoisotopic (exact) mass is 275 g/mol. The van der Waals surface area contributed by atoms with Gasteiger partial charge in [0.15, 0.2) is 0 Å². The number of nitrogens with zero attached hydrogens (tertiary/aromatic N) is 2. The minimum Gasteiger partial charge on any atom is -0.359 e. The molecule has 1 aromatic heterocycles. The number of carbonyl (C=O) groups is 1. The van der Waals surface area contributed by atoms with Crippen molar-refractivity contribution in [3.8, 4) is 0 Å². The summed E-state index contributed by atoms with van der Waals surface area (Å²) in [6.45, 7) is 3.92. The molecule has 1 aromatic rings. The summed E-state index contributed by atoms with van der Waals surface area (Å²) in [5.74, 6) is -0.179. The summed E-state index contributed by atoms with van der Waals surface area (Å²) in [5.41, 5.74) is -0.985. The van der Waals surface area contributed by atoms with Gasteiger partial charge in [-0.05, 0) is 26.0 Å². The molecule has 1 amide bonds. The highest BCUT2D eigenvalue weighted by Crippen LogP contribution is 2.28. The van der Waals surface area contributed by atoms with Crippen molar-refractivity contribution in [1.29, 1.82) is 0 Å². The Hall–Kier alpha value is -1.79. The average Bonchev–Trinajstić information content (AvgIpc) is 2.36. The van der Waals surface area contributed by atoms with Crippen LogP contribution in [-0.4, -0.2) is 35.4 Å². The van der Waals surface area contributed by atoms with Gasteiger partial charge in [0.1, 0.15) is 17.6 Å². The molecule has 1 atom stereocenters. The van der Waals surface area contributed by atoms with Crippen LogP contribution in [0, 0.1) is 0 Å². The SMILES string of the molecule is CCN(C)C(=O)C(C)Nc1cccc(C(F)(F)F)n1. The lowest BCUT2D eigenvalue weighted by Crippen LogP contribution is -2.39. The first-order valence-electron chi connectivity index (χ1n) is 5.81. The summed E-state index contributed by atoms with van der Waals surface area (Å²) in [6, 6.07) is 2.89. The first kappa shape index (κ1) is 15.3. The molecular formula is C12H16F3N3O. The Morgan fingerprint density at radius 1 is 1.47 bits per heavy atom. The largest absolute Gasteiger partial charge is 0.433 e. The number of rotatable bonds is 4. The van der Waals surface area contributed by atoms with Crippen molar-refractivity contribution >= 4 is 11.7 Å². The van der Waals surface area contributed by atoms with Gasteiger partial charge in [0.05, 0.1) is 0 Å². The third-order valence-electron chi connectivity index (χ3n) is 2.62. The number of nitrogens with one attached hydrogen (secondary N) is 1. The molecule has 0 aliphatic rings. The van der Waals surface area contributed by atoms with Gasteiger partial charge in [-0.1, -0.05) is 6.07 Å². The molecule has 0 bridgehead atoms. The maximum Gasteiger partial charge on any atom is 0.433 e. The number of anilines is 1. The van der Waals surface area contributed by atoms with E-state index in [0.29, 0.717) is 6.54 Å². The molecule has 0 aromatic carbocycles. The van der Waals surface area contributed by atoms with Crippen LogP contribution in [0.2, 0.25) is 0 Å². The second kappa shape index (κ2) is 5.90. The second-order valence-electron chi connectivity index (χ2n) is 4.12. The van der Waals surface area contributed by atoms with Crippen LogP contribution in [0.3, 0.4) is 0 Å². The molecule has 0 fully saturated rings. The molecule has 7 heteroatoms. The molecule has 0 saturated carbocycles. The van der Waals surface area contributed by atoms with E-state index >= 15 is 0 Å². The van der Waals surface area contributed by atoms with Crippen LogP contribution in [0.25, 0.3) is 0 Å². The summed E-state index contributed by atoms with van der Waals surface area (Å²) < 4.78 is 37.4. The van der Waals surface area contributed by atoms with Gasteiger partial charge in [0, 0.05) is 13.6 Å². The molecule has 4 nitrogen and oxygen atoms in total. The lowest BCUT2D eigenvalue weighted by atomic mass is 10.2. The molecular weight excluding hydrogens is 259 g/mol. The first-order valence-corrected chi connectivity index (χ1v) is 5.81. The third kappa shape index (κ3) is 4.11. The summed E-state index contributed by atoms with van der Waals surface area (Å²) in [5, 5.41) is 2.67. The number of halogens is 3. The predicted octanol–water partition coefficient (Wildman–Crippen LogP) is 2.38. The third-order valence-corrected chi connectivity index (χ3v) is 2.62. The fourth-order valence-electron chi connectivity index (χ4n) is 1.44. The van der Waals surface area contributed by atoms with E-state index in [4.69, 9.17) is 0 Å². The topological polar surface area (TPSA) is 45.2 Å². The minimum atomic E-state index is -4.49. The number of likely N-dealkylation sites (N-methyl/N-ethyl adjacent to an activating group) is 1. The fourth-order valence-corrected chi connectivity index (χ4v) is 1.44. The molecule has 1 heterocycles. The van der Waals surface area contributed by atoms with E-state index in [0.717, 1.165) is 6.07 Å². The number of pyridine rings is 1. The van der Waals surface area contributed by atoms with E-state index in [1.165, 1.54) is 17.0 Å². The molecule has 0 spiro atoms. The molecule has 0 radical (unpaired) electrons. The van der Waals surface area contributed by atoms with E-state index < -0.39 is 17.9 Å². The first-order chi connectivity index (χ1) is 8.75. The lowest BCUT2D eigenvalue weighted by Gasteiger charge is -2.21. The molecule has 0 aliphatic heterocycles. The summed E-state index contributed by atoms with van der Waals surface area (Å²) in [6.07, 6.45) is -4.49. The Kier molecular flexibility index (Phi) is 4.74. The molecule has 1 unspecified atom stereocenters. The summed E-state index contributed by atoms with van der Waals surface area (Å²) in [4.78, 5) is 16.7. The quantitative estimate of drug-likeness (QED) is 0.917. The summed E-state index contributed by atoms with van der Waals surface area (Å²) in [7, 11) is 1.63. The maximum absolute atomic E-state index is 12.5. The van der Waals surface area contributed by atoms with Crippen LogP contribution in [0.1, 0.15) is 19.5 Å². The van der Waals surface area contributed by atoms with Gasteiger partial charge in [-0.3, -0.25) is 4.79 Å². The van der Waals surface area contributed by atoms with Gasteiger partial charge in [0.25, 0.3) is 0 Å². The average molecular weight is 275 g/mol. The highest BCUT2D eigenvalue weighted by molar-refractivity contribution is 5.83. The molecule has 0 aliphatic carbocycles. The van der Waals surface area contributed by atoms with Crippen molar-refractivity contribution in [2.45, 2.75) is 26.1 Å². The Balaban J connectivity index is 2.80. The number of aromatic nitrogens is 1. The predicted molar refractivity (Wildman–Crippen MR) is 65.6 cm³/mol. The van der Waals surface area contributed by atoms with Crippen molar-refractivity contribution in [1.82, 2.24) is 9.88 Å². The van der Waals surface area contributed by atoms with Crippen molar-refractivity contribution in [2.24, 2.45) is 0 Å². The van der Waals surface area contributed by atoms with E-state index in [2.05, 4.69) is 10.3 Å². The number of amides is 1. The summed E-state index contributed by atoms with van der Waals surface area (Å²) >= 11 is 0. The number of alkyl halides is 3. The number of hydrogen-bond donors (Lipinski definition) is 1. The zero-order chi connectivity index (χ0) is 14.6. The van der Waals surface area contributed by atoms with Gasteiger partial charge in [-0.25, -0.2) is 4.98 Å². The molecule has 1 rings (SSSR count). The lowest BCUT2D eigenvalue weighted by molar-refractivity contribution is -0.141. The Morgan fingerprint density at radius 3 is 2.63 bits per heavy atom. The molecule has 106 valence electrons. The Labute approximate surface area is 109 Å². The van der Waals surface area contributed by atoms with Crippen molar-refractivity contribution in [3.63, 3.8) is 0 Å². The zero-order valence-corrected chi connectivity index (χ0v) is 11.0. The van der Waals surface area contributed by atoms with Crippen LogP contribution >= 0.6 is 0 Å². The smallest absolute Gasteiger partial charge is 0.359 e. The van der Waals surface area contributed by atoms with E-state index in [1.54, 1.807) is 14.0 Å². The second-order valence-corrected chi connectivity index (χ2v) is 4.12.